The molecule has 28 heavy (non-hydrogen) atoms. The number of nitrogens with zero attached hydrogens (tertiary/aromatic N) is 2. The highest BCUT2D eigenvalue weighted by atomic mass is 16.2. The molecular formula is C20H26N4O4. The van der Waals surface area contributed by atoms with E-state index in [0.717, 1.165) is 4.57 Å². The molecule has 0 aliphatic heterocycles. The minimum Gasteiger partial charge on any atom is -0.349 e. The van der Waals surface area contributed by atoms with Gasteiger partial charge in [-0.15, -0.1) is 0 Å². The van der Waals surface area contributed by atoms with Gasteiger partial charge >= 0.3 is 5.69 Å². The molecule has 0 aliphatic carbocycles. The number of rotatable bonds is 7. The van der Waals surface area contributed by atoms with Crippen molar-refractivity contribution in [3.63, 3.8) is 0 Å². The van der Waals surface area contributed by atoms with Crippen LogP contribution in [-0.2, 0) is 25.4 Å². The van der Waals surface area contributed by atoms with Gasteiger partial charge in [0.15, 0.2) is 0 Å². The number of aromatic nitrogens is 2. The van der Waals surface area contributed by atoms with Gasteiger partial charge in [0.05, 0.1) is 6.54 Å². The van der Waals surface area contributed by atoms with E-state index in [1.54, 1.807) is 24.3 Å². The van der Waals surface area contributed by atoms with Crippen molar-refractivity contribution >= 4 is 11.8 Å². The van der Waals surface area contributed by atoms with Crippen molar-refractivity contribution in [1.29, 1.82) is 0 Å². The van der Waals surface area contributed by atoms with E-state index >= 15 is 0 Å². The van der Waals surface area contributed by atoms with Crippen LogP contribution < -0.4 is 21.9 Å². The Morgan fingerprint density at radius 1 is 1.07 bits per heavy atom. The molecule has 1 aromatic heterocycles. The molecule has 2 unspecified atom stereocenters. The number of carbonyl (C=O) groups excluding carboxylic acids is 2. The molecule has 1 aromatic carbocycles. The van der Waals surface area contributed by atoms with Gasteiger partial charge in [0.2, 0.25) is 5.91 Å². The summed E-state index contributed by atoms with van der Waals surface area (Å²) in [6.45, 7) is 3.82. The first-order chi connectivity index (χ1) is 13.3. The van der Waals surface area contributed by atoms with E-state index in [2.05, 4.69) is 10.6 Å². The molecule has 2 N–H and O–H groups in total. The van der Waals surface area contributed by atoms with Gasteiger partial charge in [0.25, 0.3) is 11.5 Å². The number of hydrogen-bond donors (Lipinski definition) is 2. The lowest BCUT2D eigenvalue weighted by molar-refractivity contribution is -0.124. The standard InChI is InChI=1S/C20H26N4O4/c1-5-13(2)17(22-18(26)14-9-7-6-8-10-14)19(27)21-12-15-11-16(25)24(4)20(28)23(15)3/h6-11,13,17H,5,12H2,1-4H3,(H,21,27)(H,22,26). The van der Waals surface area contributed by atoms with Gasteiger partial charge in [-0.1, -0.05) is 38.5 Å². The Kier molecular flexibility index (Phi) is 6.92. The molecule has 0 saturated carbocycles. The van der Waals surface area contributed by atoms with Crippen LogP contribution in [0.4, 0.5) is 0 Å². The number of nitrogens with one attached hydrogen (secondary N) is 2. The van der Waals surface area contributed by atoms with Crippen molar-refractivity contribution in [1.82, 2.24) is 19.8 Å². The van der Waals surface area contributed by atoms with Crippen LogP contribution in [-0.4, -0.2) is 27.0 Å². The van der Waals surface area contributed by atoms with Crippen LogP contribution in [0.15, 0.2) is 46.0 Å². The fourth-order valence-corrected chi connectivity index (χ4v) is 2.75. The Morgan fingerprint density at radius 2 is 1.71 bits per heavy atom. The van der Waals surface area contributed by atoms with E-state index in [-0.39, 0.29) is 24.3 Å². The third-order valence-electron chi connectivity index (χ3n) is 4.89. The van der Waals surface area contributed by atoms with E-state index in [9.17, 15) is 19.2 Å². The maximum atomic E-state index is 12.7. The number of carbonyl (C=O) groups is 2. The smallest absolute Gasteiger partial charge is 0.330 e. The highest BCUT2D eigenvalue weighted by Gasteiger charge is 2.26. The fourth-order valence-electron chi connectivity index (χ4n) is 2.75. The summed E-state index contributed by atoms with van der Waals surface area (Å²) in [7, 11) is 2.93. The Balaban J connectivity index is 2.15. The summed E-state index contributed by atoms with van der Waals surface area (Å²) in [5.41, 5.74) is -0.0490. The van der Waals surface area contributed by atoms with Crippen molar-refractivity contribution in [2.75, 3.05) is 0 Å². The summed E-state index contributed by atoms with van der Waals surface area (Å²) in [5.74, 6) is -0.797. The SMILES string of the molecule is CCC(C)C(NC(=O)c1ccccc1)C(=O)NCc1cc(=O)n(C)c(=O)n1C. The normalized spacial score (nSPS) is 12.9. The van der Waals surface area contributed by atoms with E-state index < -0.39 is 17.3 Å². The first kappa shape index (κ1) is 21.1. The van der Waals surface area contributed by atoms with E-state index in [0.29, 0.717) is 17.7 Å². The summed E-state index contributed by atoms with van der Waals surface area (Å²) >= 11 is 0. The minimum atomic E-state index is -0.735. The molecule has 8 heteroatoms. The highest BCUT2D eigenvalue weighted by Crippen LogP contribution is 2.10. The van der Waals surface area contributed by atoms with Gasteiger partial charge in [-0.25, -0.2) is 4.79 Å². The predicted octanol–water partition coefficient (Wildman–Crippen LogP) is 0.545. The van der Waals surface area contributed by atoms with Crippen LogP contribution in [0.5, 0.6) is 0 Å². The molecule has 2 atom stereocenters. The predicted molar refractivity (Wildman–Crippen MR) is 106 cm³/mol. The molecule has 2 rings (SSSR count). The second-order valence-corrected chi connectivity index (χ2v) is 6.80. The average Bonchev–Trinajstić information content (AvgIpc) is 2.71. The molecule has 0 fully saturated rings. The Morgan fingerprint density at radius 3 is 2.32 bits per heavy atom. The second kappa shape index (κ2) is 9.16. The lowest BCUT2D eigenvalue weighted by Gasteiger charge is -2.24. The van der Waals surface area contributed by atoms with Gasteiger partial charge in [-0.2, -0.15) is 0 Å². The Bertz CT molecular complexity index is 962. The molecule has 8 nitrogen and oxygen atoms in total. The van der Waals surface area contributed by atoms with Crippen LogP contribution in [0.1, 0.15) is 36.3 Å². The maximum Gasteiger partial charge on any atom is 0.330 e. The fraction of sp³-hybridized carbons (Fsp3) is 0.400. The van der Waals surface area contributed by atoms with Gasteiger partial charge in [-0.3, -0.25) is 23.5 Å². The molecule has 2 aromatic rings. The van der Waals surface area contributed by atoms with Crippen molar-refractivity contribution in [3.8, 4) is 0 Å². The van der Waals surface area contributed by atoms with Crippen LogP contribution in [0.3, 0.4) is 0 Å². The quantitative estimate of drug-likeness (QED) is 0.725. The molecule has 0 spiro atoms. The summed E-state index contributed by atoms with van der Waals surface area (Å²) in [4.78, 5) is 49.0. The van der Waals surface area contributed by atoms with Crippen molar-refractivity contribution in [2.45, 2.75) is 32.9 Å². The summed E-state index contributed by atoms with van der Waals surface area (Å²) in [5, 5.41) is 5.51. The van der Waals surface area contributed by atoms with E-state index in [1.807, 2.05) is 19.9 Å². The highest BCUT2D eigenvalue weighted by molar-refractivity contribution is 5.97. The minimum absolute atomic E-state index is 0.00873. The third kappa shape index (κ3) is 4.76. The summed E-state index contributed by atoms with van der Waals surface area (Å²) in [6.07, 6.45) is 0.692. The zero-order valence-corrected chi connectivity index (χ0v) is 16.6. The van der Waals surface area contributed by atoms with Gasteiger partial charge in [-0.05, 0) is 18.1 Å². The van der Waals surface area contributed by atoms with E-state index in [4.69, 9.17) is 0 Å². The Labute approximate surface area is 163 Å². The monoisotopic (exact) mass is 386 g/mol. The molecule has 1 heterocycles. The van der Waals surface area contributed by atoms with Crippen molar-refractivity contribution < 1.29 is 9.59 Å². The number of benzene rings is 1. The first-order valence-corrected chi connectivity index (χ1v) is 9.15. The molecule has 150 valence electrons. The van der Waals surface area contributed by atoms with Crippen molar-refractivity contribution in [3.05, 3.63) is 68.5 Å². The second-order valence-electron chi connectivity index (χ2n) is 6.80. The summed E-state index contributed by atoms with van der Waals surface area (Å²) < 4.78 is 2.30. The topological polar surface area (TPSA) is 102 Å². The zero-order chi connectivity index (χ0) is 20.8. The number of hydrogen-bond acceptors (Lipinski definition) is 4. The molecule has 2 amide bonds. The van der Waals surface area contributed by atoms with Gasteiger partial charge in [0, 0.05) is 31.4 Å². The summed E-state index contributed by atoms with van der Waals surface area (Å²) in [6, 6.07) is 9.24. The van der Waals surface area contributed by atoms with Crippen LogP contribution in [0, 0.1) is 5.92 Å². The molecular weight excluding hydrogens is 360 g/mol. The third-order valence-corrected chi connectivity index (χ3v) is 4.89. The molecule has 0 saturated heterocycles. The Hall–Kier alpha value is -3.16. The lowest BCUT2D eigenvalue weighted by atomic mass is 9.97. The lowest BCUT2D eigenvalue weighted by Crippen LogP contribution is -2.50. The van der Waals surface area contributed by atoms with E-state index in [1.165, 1.54) is 24.7 Å². The van der Waals surface area contributed by atoms with Crippen LogP contribution >= 0.6 is 0 Å². The van der Waals surface area contributed by atoms with Crippen molar-refractivity contribution in [2.24, 2.45) is 20.0 Å². The molecule has 0 radical (unpaired) electrons. The van der Waals surface area contributed by atoms with Gasteiger partial charge in [0.1, 0.15) is 6.04 Å². The zero-order valence-electron chi connectivity index (χ0n) is 16.6. The molecule has 0 aliphatic rings. The largest absolute Gasteiger partial charge is 0.349 e. The van der Waals surface area contributed by atoms with Gasteiger partial charge < -0.3 is 10.6 Å². The molecule has 0 bridgehead atoms. The number of amides is 2. The maximum absolute atomic E-state index is 12.7. The van der Waals surface area contributed by atoms with Crippen LogP contribution in [0.25, 0.3) is 0 Å². The first-order valence-electron chi connectivity index (χ1n) is 9.15. The average molecular weight is 386 g/mol. The van der Waals surface area contributed by atoms with Crippen LogP contribution in [0.2, 0.25) is 0 Å².